The first-order chi connectivity index (χ1) is 11.5. The lowest BCUT2D eigenvalue weighted by atomic mass is 10.0. The van der Waals surface area contributed by atoms with E-state index in [0.29, 0.717) is 26.1 Å². The van der Waals surface area contributed by atoms with Crippen LogP contribution in [0.2, 0.25) is 0 Å². The Kier molecular flexibility index (Phi) is 4.64. The number of urea groups is 1. The minimum absolute atomic E-state index is 0.0919. The zero-order valence-corrected chi connectivity index (χ0v) is 14.1. The average Bonchev–Trinajstić information content (AvgIpc) is 2.56. The molecule has 6 nitrogen and oxygen atoms in total. The molecular weight excluding hydrogens is 304 g/mol. The Morgan fingerprint density at radius 3 is 2.96 bits per heavy atom. The van der Waals surface area contributed by atoms with Crippen LogP contribution in [0, 0.1) is 13.8 Å². The van der Waals surface area contributed by atoms with Crippen molar-refractivity contribution < 1.29 is 4.79 Å². The highest BCUT2D eigenvalue weighted by molar-refractivity contribution is 5.74. The van der Waals surface area contributed by atoms with Crippen LogP contribution >= 0.6 is 0 Å². The normalized spacial score (nSPS) is 13.5. The molecule has 2 N–H and O–H groups in total. The van der Waals surface area contributed by atoms with Crippen LogP contribution in [0.25, 0.3) is 0 Å². The quantitative estimate of drug-likeness (QED) is 0.901. The average molecular weight is 326 g/mol. The Hall–Kier alpha value is -2.63. The van der Waals surface area contributed by atoms with E-state index >= 15 is 0 Å². The van der Waals surface area contributed by atoms with Crippen molar-refractivity contribution in [3.63, 3.8) is 0 Å². The summed E-state index contributed by atoms with van der Waals surface area (Å²) in [6.45, 7) is 5.81. The van der Waals surface area contributed by atoms with Crippen molar-refractivity contribution in [2.75, 3.05) is 13.1 Å². The van der Waals surface area contributed by atoms with Crippen molar-refractivity contribution in [2.24, 2.45) is 0 Å². The number of rotatable bonds is 3. The lowest BCUT2D eigenvalue weighted by Gasteiger charge is -2.27. The second-order valence-electron chi connectivity index (χ2n) is 6.29. The molecule has 0 unspecified atom stereocenters. The highest BCUT2D eigenvalue weighted by Gasteiger charge is 2.21. The van der Waals surface area contributed by atoms with E-state index in [-0.39, 0.29) is 11.6 Å². The predicted molar refractivity (Wildman–Crippen MR) is 92.0 cm³/mol. The highest BCUT2D eigenvalue weighted by atomic mass is 16.2. The second kappa shape index (κ2) is 6.86. The molecule has 2 amide bonds. The first kappa shape index (κ1) is 16.2. The number of hydrogen-bond donors (Lipinski definition) is 2. The fourth-order valence-electron chi connectivity index (χ4n) is 3.06. The van der Waals surface area contributed by atoms with Crippen LogP contribution in [0.1, 0.15) is 27.9 Å². The lowest BCUT2D eigenvalue weighted by Crippen LogP contribution is -2.44. The molecule has 1 aliphatic rings. The number of nitrogens with zero attached hydrogens (tertiary/aromatic N) is 2. The van der Waals surface area contributed by atoms with Gasteiger partial charge in [-0.15, -0.1) is 0 Å². The molecule has 2 heterocycles. The first-order valence-electron chi connectivity index (χ1n) is 8.19. The molecule has 0 bridgehead atoms. The number of amides is 2. The van der Waals surface area contributed by atoms with Crippen LogP contribution in [-0.4, -0.2) is 34.2 Å². The molecule has 1 aliphatic heterocycles. The molecule has 6 heteroatoms. The van der Waals surface area contributed by atoms with Gasteiger partial charge in [0.2, 0.25) is 0 Å². The lowest BCUT2D eigenvalue weighted by molar-refractivity contribution is 0.192. The fourth-order valence-corrected chi connectivity index (χ4v) is 3.06. The summed E-state index contributed by atoms with van der Waals surface area (Å²) in [4.78, 5) is 25.4. The summed E-state index contributed by atoms with van der Waals surface area (Å²) >= 11 is 0. The Labute approximate surface area is 140 Å². The van der Waals surface area contributed by atoms with Crippen molar-refractivity contribution >= 4 is 6.03 Å². The SMILES string of the molecule is Cc1ccc(CCNC(=O)N2CCc3n[nH]c(=O)cc3C2)c(C)c1. The number of hydrogen-bond acceptors (Lipinski definition) is 3. The van der Waals surface area contributed by atoms with Crippen LogP contribution in [-0.2, 0) is 19.4 Å². The molecule has 24 heavy (non-hydrogen) atoms. The summed E-state index contributed by atoms with van der Waals surface area (Å²) in [5, 5.41) is 9.44. The molecular formula is C18H22N4O2. The van der Waals surface area contributed by atoms with E-state index in [1.54, 1.807) is 4.90 Å². The molecule has 0 saturated heterocycles. The summed E-state index contributed by atoms with van der Waals surface area (Å²) < 4.78 is 0. The maximum absolute atomic E-state index is 12.3. The summed E-state index contributed by atoms with van der Waals surface area (Å²) in [6.07, 6.45) is 1.47. The fraction of sp³-hybridized carbons (Fsp3) is 0.389. The zero-order chi connectivity index (χ0) is 17.1. The summed E-state index contributed by atoms with van der Waals surface area (Å²) in [7, 11) is 0. The van der Waals surface area contributed by atoms with E-state index in [0.717, 1.165) is 17.7 Å². The minimum Gasteiger partial charge on any atom is -0.338 e. The number of carbonyl (C=O) groups excluding carboxylic acids is 1. The van der Waals surface area contributed by atoms with Crippen molar-refractivity contribution in [3.8, 4) is 0 Å². The van der Waals surface area contributed by atoms with Crippen molar-refractivity contribution in [1.29, 1.82) is 0 Å². The number of aromatic amines is 1. The van der Waals surface area contributed by atoms with Crippen molar-refractivity contribution in [3.05, 3.63) is 62.6 Å². The third kappa shape index (κ3) is 3.64. The standard InChI is InChI=1S/C18H22N4O2/c1-12-3-4-14(13(2)9-12)5-7-19-18(24)22-8-6-16-15(11-22)10-17(23)21-20-16/h3-4,9-10H,5-8,11H2,1-2H3,(H,19,24)(H,21,23). The van der Waals surface area contributed by atoms with Gasteiger partial charge in [-0.05, 0) is 31.4 Å². The second-order valence-corrected chi connectivity index (χ2v) is 6.29. The van der Waals surface area contributed by atoms with E-state index in [2.05, 4.69) is 47.6 Å². The molecule has 2 aromatic rings. The molecule has 126 valence electrons. The van der Waals surface area contributed by atoms with Crippen LogP contribution in [0.15, 0.2) is 29.1 Å². The molecule has 0 spiro atoms. The van der Waals surface area contributed by atoms with Gasteiger partial charge in [-0.1, -0.05) is 23.8 Å². The molecule has 0 radical (unpaired) electrons. The highest BCUT2D eigenvalue weighted by Crippen LogP contribution is 2.15. The number of aromatic nitrogens is 2. The summed E-state index contributed by atoms with van der Waals surface area (Å²) in [5.74, 6) is 0. The maximum Gasteiger partial charge on any atom is 0.317 e. The van der Waals surface area contributed by atoms with Crippen LogP contribution in [0.5, 0.6) is 0 Å². The zero-order valence-electron chi connectivity index (χ0n) is 14.1. The Bertz CT molecular complexity index is 813. The van der Waals surface area contributed by atoms with Crippen molar-refractivity contribution in [1.82, 2.24) is 20.4 Å². The Morgan fingerprint density at radius 1 is 1.33 bits per heavy atom. The van der Waals surface area contributed by atoms with Gasteiger partial charge >= 0.3 is 6.03 Å². The van der Waals surface area contributed by atoms with Gasteiger partial charge in [-0.3, -0.25) is 4.79 Å². The Morgan fingerprint density at radius 2 is 2.17 bits per heavy atom. The molecule has 3 rings (SSSR count). The number of nitrogens with one attached hydrogen (secondary N) is 2. The van der Waals surface area contributed by atoms with Gasteiger partial charge in [0.1, 0.15) is 0 Å². The number of H-pyrrole nitrogens is 1. The van der Waals surface area contributed by atoms with E-state index in [4.69, 9.17) is 0 Å². The predicted octanol–water partition coefficient (Wildman–Crippen LogP) is 1.70. The van der Waals surface area contributed by atoms with Gasteiger partial charge in [0, 0.05) is 37.7 Å². The van der Waals surface area contributed by atoms with E-state index < -0.39 is 0 Å². The molecule has 1 aromatic carbocycles. The molecule has 0 aliphatic carbocycles. The number of fused-ring (bicyclic) bond motifs is 1. The number of aryl methyl sites for hydroxylation is 2. The van der Waals surface area contributed by atoms with Gasteiger partial charge in [0.05, 0.1) is 5.69 Å². The van der Waals surface area contributed by atoms with E-state index in [1.807, 2.05) is 0 Å². The van der Waals surface area contributed by atoms with Gasteiger partial charge in [0.25, 0.3) is 5.56 Å². The van der Waals surface area contributed by atoms with E-state index in [1.165, 1.54) is 22.8 Å². The van der Waals surface area contributed by atoms with Crippen LogP contribution < -0.4 is 10.9 Å². The van der Waals surface area contributed by atoms with Crippen LogP contribution in [0.4, 0.5) is 4.79 Å². The molecule has 0 atom stereocenters. The maximum atomic E-state index is 12.3. The minimum atomic E-state index is -0.231. The smallest absolute Gasteiger partial charge is 0.317 e. The molecule has 1 aromatic heterocycles. The monoisotopic (exact) mass is 326 g/mol. The van der Waals surface area contributed by atoms with Crippen LogP contribution in [0.3, 0.4) is 0 Å². The van der Waals surface area contributed by atoms with E-state index in [9.17, 15) is 9.59 Å². The van der Waals surface area contributed by atoms with Crippen molar-refractivity contribution in [2.45, 2.75) is 33.2 Å². The van der Waals surface area contributed by atoms with Gasteiger partial charge in [-0.25, -0.2) is 9.89 Å². The summed E-state index contributed by atoms with van der Waals surface area (Å²) in [5.41, 5.74) is 5.22. The topological polar surface area (TPSA) is 78.1 Å². The van der Waals surface area contributed by atoms with Gasteiger partial charge < -0.3 is 10.2 Å². The molecule has 0 fully saturated rings. The summed E-state index contributed by atoms with van der Waals surface area (Å²) in [6, 6.07) is 7.80. The van der Waals surface area contributed by atoms with Gasteiger partial charge in [0.15, 0.2) is 0 Å². The molecule has 0 saturated carbocycles. The third-order valence-corrected chi connectivity index (χ3v) is 4.41. The first-order valence-corrected chi connectivity index (χ1v) is 8.19. The number of carbonyl (C=O) groups is 1. The Balaban J connectivity index is 1.55. The van der Waals surface area contributed by atoms with Gasteiger partial charge in [-0.2, -0.15) is 5.10 Å². The largest absolute Gasteiger partial charge is 0.338 e. The third-order valence-electron chi connectivity index (χ3n) is 4.41. The number of benzene rings is 1.